The van der Waals surface area contributed by atoms with Crippen molar-refractivity contribution in [1.29, 1.82) is 0 Å². The molecule has 0 amide bonds. The molecule has 0 aliphatic rings. The van der Waals surface area contributed by atoms with E-state index in [4.69, 9.17) is 0 Å². The number of rotatable bonds is 2. The Morgan fingerprint density at radius 3 is 2.85 bits per heavy atom. The monoisotopic (exact) mass is 286 g/mol. The topological polar surface area (TPSA) is 71.7 Å². The number of para-hydroxylation sites is 1. The first-order valence-corrected chi connectivity index (χ1v) is 6.70. The molecule has 6 heteroatoms. The SMILES string of the molecule is Cc1cnc2sc(C(=O)c3ccccc3O)cn2c1=O. The Labute approximate surface area is 117 Å². The Morgan fingerprint density at radius 1 is 1.35 bits per heavy atom. The summed E-state index contributed by atoms with van der Waals surface area (Å²) in [6.45, 7) is 1.67. The van der Waals surface area contributed by atoms with Crippen LogP contribution in [0.3, 0.4) is 0 Å². The molecule has 3 rings (SSSR count). The number of thiazole rings is 1. The van der Waals surface area contributed by atoms with Crippen molar-refractivity contribution >= 4 is 22.1 Å². The molecule has 0 unspecified atom stereocenters. The van der Waals surface area contributed by atoms with Gasteiger partial charge in [-0.25, -0.2) is 4.98 Å². The Kier molecular flexibility index (Phi) is 2.87. The summed E-state index contributed by atoms with van der Waals surface area (Å²) in [5.74, 6) is -0.401. The predicted octanol–water partition coefficient (Wildman–Crippen LogP) is 2.00. The quantitative estimate of drug-likeness (QED) is 0.731. The van der Waals surface area contributed by atoms with Crippen molar-refractivity contribution in [2.45, 2.75) is 6.92 Å². The molecule has 0 spiro atoms. The Hall–Kier alpha value is -2.47. The van der Waals surface area contributed by atoms with E-state index in [9.17, 15) is 14.7 Å². The van der Waals surface area contributed by atoms with Gasteiger partial charge >= 0.3 is 0 Å². The van der Waals surface area contributed by atoms with E-state index in [2.05, 4.69) is 4.98 Å². The van der Waals surface area contributed by atoms with E-state index in [-0.39, 0.29) is 22.7 Å². The lowest BCUT2D eigenvalue weighted by Crippen LogP contribution is -2.14. The number of benzene rings is 1. The summed E-state index contributed by atoms with van der Waals surface area (Å²) in [5.41, 5.74) is 0.535. The minimum atomic E-state index is -0.323. The first-order valence-electron chi connectivity index (χ1n) is 5.88. The Bertz CT molecular complexity index is 880. The molecule has 2 heterocycles. The molecule has 1 N–H and O–H groups in total. The van der Waals surface area contributed by atoms with Crippen LogP contribution in [0.2, 0.25) is 0 Å². The molecule has 0 fully saturated rings. The maximum Gasteiger partial charge on any atom is 0.261 e. The van der Waals surface area contributed by atoms with Crippen LogP contribution in [0.5, 0.6) is 5.75 Å². The number of fused-ring (bicyclic) bond motifs is 1. The summed E-state index contributed by atoms with van der Waals surface area (Å²) < 4.78 is 1.35. The maximum atomic E-state index is 12.3. The second-order valence-electron chi connectivity index (χ2n) is 4.34. The summed E-state index contributed by atoms with van der Waals surface area (Å²) in [6, 6.07) is 6.32. The van der Waals surface area contributed by atoms with E-state index in [1.54, 1.807) is 25.1 Å². The predicted molar refractivity (Wildman–Crippen MR) is 75.6 cm³/mol. The van der Waals surface area contributed by atoms with Gasteiger partial charge in [-0.1, -0.05) is 23.5 Å². The van der Waals surface area contributed by atoms with Crippen LogP contribution in [0.4, 0.5) is 0 Å². The first-order chi connectivity index (χ1) is 9.58. The van der Waals surface area contributed by atoms with Crippen LogP contribution < -0.4 is 5.56 Å². The Morgan fingerprint density at radius 2 is 2.10 bits per heavy atom. The Balaban J connectivity index is 2.16. The normalized spacial score (nSPS) is 10.8. The van der Waals surface area contributed by atoms with Crippen LogP contribution in [0.1, 0.15) is 20.8 Å². The number of hydrogen-bond donors (Lipinski definition) is 1. The highest BCUT2D eigenvalue weighted by molar-refractivity contribution is 7.19. The van der Waals surface area contributed by atoms with E-state index in [0.717, 1.165) is 11.3 Å². The largest absolute Gasteiger partial charge is 0.507 e. The fourth-order valence-corrected chi connectivity index (χ4v) is 2.78. The summed E-state index contributed by atoms with van der Waals surface area (Å²) in [5, 5.41) is 9.72. The average Bonchev–Trinajstić information content (AvgIpc) is 2.88. The van der Waals surface area contributed by atoms with Crippen LogP contribution in [0.15, 0.2) is 41.5 Å². The van der Waals surface area contributed by atoms with Gasteiger partial charge in [0.1, 0.15) is 5.75 Å². The molecule has 3 aromatic rings. The van der Waals surface area contributed by atoms with Gasteiger partial charge in [-0.05, 0) is 19.1 Å². The molecule has 2 aromatic heterocycles. The highest BCUT2D eigenvalue weighted by Crippen LogP contribution is 2.23. The van der Waals surface area contributed by atoms with Gasteiger partial charge in [-0.2, -0.15) is 0 Å². The molecule has 0 radical (unpaired) electrons. The lowest BCUT2D eigenvalue weighted by Gasteiger charge is -1.99. The summed E-state index contributed by atoms with van der Waals surface area (Å²) >= 11 is 1.12. The second-order valence-corrected chi connectivity index (χ2v) is 5.35. The van der Waals surface area contributed by atoms with Crippen molar-refractivity contribution in [3.8, 4) is 5.75 Å². The number of carbonyl (C=O) groups is 1. The number of hydrogen-bond acceptors (Lipinski definition) is 5. The third kappa shape index (κ3) is 1.90. The fourth-order valence-electron chi connectivity index (χ4n) is 1.88. The third-order valence-electron chi connectivity index (χ3n) is 2.95. The molecular formula is C14H10N2O3S. The van der Waals surface area contributed by atoms with E-state index >= 15 is 0 Å². The third-order valence-corrected chi connectivity index (χ3v) is 3.95. The smallest absolute Gasteiger partial charge is 0.261 e. The standard InChI is InChI=1S/C14H10N2O3S/c1-8-6-15-14-16(13(8)19)7-11(20-14)12(18)9-4-2-3-5-10(9)17/h2-7,17H,1H3. The molecule has 0 aliphatic carbocycles. The lowest BCUT2D eigenvalue weighted by atomic mass is 10.1. The summed E-state index contributed by atoms with van der Waals surface area (Å²) in [4.78, 5) is 29.2. The van der Waals surface area contributed by atoms with Gasteiger partial charge < -0.3 is 5.11 Å². The number of phenolic OH excluding ortho intramolecular Hbond substituents is 1. The van der Waals surface area contributed by atoms with Gasteiger partial charge in [0, 0.05) is 18.0 Å². The maximum absolute atomic E-state index is 12.3. The van der Waals surface area contributed by atoms with Crippen molar-refractivity contribution < 1.29 is 9.90 Å². The minimum Gasteiger partial charge on any atom is -0.507 e. The molecule has 0 saturated heterocycles. The van der Waals surface area contributed by atoms with Crippen molar-refractivity contribution in [2.75, 3.05) is 0 Å². The van der Waals surface area contributed by atoms with Gasteiger partial charge in [-0.3, -0.25) is 14.0 Å². The lowest BCUT2D eigenvalue weighted by molar-refractivity contribution is 0.103. The number of nitrogens with zero attached hydrogens (tertiary/aromatic N) is 2. The number of phenols is 1. The van der Waals surface area contributed by atoms with E-state index < -0.39 is 0 Å². The first kappa shape index (κ1) is 12.6. The number of aryl methyl sites for hydroxylation is 1. The molecule has 0 saturated carbocycles. The van der Waals surface area contributed by atoms with Crippen molar-refractivity contribution in [3.05, 3.63) is 63.0 Å². The molecule has 100 valence electrons. The second kappa shape index (κ2) is 4.57. The summed E-state index contributed by atoms with van der Waals surface area (Å²) in [6.07, 6.45) is 2.96. The fraction of sp³-hybridized carbons (Fsp3) is 0.0714. The summed E-state index contributed by atoms with van der Waals surface area (Å²) in [7, 11) is 0. The van der Waals surface area contributed by atoms with Crippen molar-refractivity contribution in [3.63, 3.8) is 0 Å². The van der Waals surface area contributed by atoms with E-state index in [0.29, 0.717) is 15.4 Å². The number of aromatic nitrogens is 2. The minimum absolute atomic E-state index is 0.0774. The van der Waals surface area contributed by atoms with E-state index in [1.807, 2.05) is 0 Å². The average molecular weight is 286 g/mol. The number of ketones is 1. The molecule has 0 aliphatic heterocycles. The highest BCUT2D eigenvalue weighted by Gasteiger charge is 2.17. The molecular weight excluding hydrogens is 276 g/mol. The number of carbonyl (C=O) groups excluding carboxylic acids is 1. The number of aromatic hydroxyl groups is 1. The van der Waals surface area contributed by atoms with Crippen molar-refractivity contribution in [1.82, 2.24) is 9.38 Å². The van der Waals surface area contributed by atoms with Crippen LogP contribution in [-0.2, 0) is 0 Å². The van der Waals surface area contributed by atoms with Crippen LogP contribution in [0, 0.1) is 6.92 Å². The molecule has 0 bridgehead atoms. The van der Waals surface area contributed by atoms with Gasteiger partial charge in [-0.15, -0.1) is 0 Å². The van der Waals surface area contributed by atoms with Crippen LogP contribution >= 0.6 is 11.3 Å². The van der Waals surface area contributed by atoms with Gasteiger partial charge in [0.25, 0.3) is 5.56 Å². The van der Waals surface area contributed by atoms with Crippen molar-refractivity contribution in [2.24, 2.45) is 0 Å². The van der Waals surface area contributed by atoms with Crippen LogP contribution in [0.25, 0.3) is 4.96 Å². The van der Waals surface area contributed by atoms with Crippen LogP contribution in [-0.4, -0.2) is 20.3 Å². The zero-order valence-corrected chi connectivity index (χ0v) is 11.3. The van der Waals surface area contributed by atoms with Gasteiger partial charge in [0.05, 0.1) is 10.4 Å². The van der Waals surface area contributed by atoms with E-state index in [1.165, 1.54) is 22.9 Å². The zero-order chi connectivity index (χ0) is 14.3. The molecule has 0 atom stereocenters. The molecule has 20 heavy (non-hydrogen) atoms. The highest BCUT2D eigenvalue weighted by atomic mass is 32.1. The zero-order valence-electron chi connectivity index (χ0n) is 10.5. The van der Waals surface area contributed by atoms with Gasteiger partial charge in [0.2, 0.25) is 5.78 Å². The van der Waals surface area contributed by atoms with Gasteiger partial charge in [0.15, 0.2) is 4.96 Å². The molecule has 1 aromatic carbocycles. The molecule has 5 nitrogen and oxygen atoms in total.